The van der Waals surface area contributed by atoms with Gasteiger partial charge in [-0.3, -0.25) is 19.3 Å². The van der Waals surface area contributed by atoms with Gasteiger partial charge in [0.1, 0.15) is 0 Å². The van der Waals surface area contributed by atoms with Gasteiger partial charge >= 0.3 is 0 Å². The SMILES string of the molecule is O=C(c1ccc(N2C(=O)[C@@H]3[C@H]4C=C[C@@H]([C@@H]5C[C@@H]45)[C@H]3C2=O)cc1)N1CCOCC1. The maximum absolute atomic E-state index is 13.2. The number of hydrogen-bond donors (Lipinski definition) is 0. The zero-order valence-corrected chi connectivity index (χ0v) is 15.5. The number of amides is 3. The second-order valence-corrected chi connectivity index (χ2v) is 8.62. The number of anilines is 1. The summed E-state index contributed by atoms with van der Waals surface area (Å²) in [5.74, 6) is 1.10. The predicted octanol–water partition coefficient (Wildman–Crippen LogP) is 1.72. The number of benzene rings is 1. The van der Waals surface area contributed by atoms with Crippen molar-refractivity contribution in [2.75, 3.05) is 31.2 Å². The van der Waals surface area contributed by atoms with E-state index in [1.54, 1.807) is 29.2 Å². The average Bonchev–Trinajstić information content (AvgIpc) is 3.52. The van der Waals surface area contributed by atoms with Gasteiger partial charge in [0.2, 0.25) is 11.8 Å². The molecule has 0 spiro atoms. The lowest BCUT2D eigenvalue weighted by Crippen LogP contribution is -2.40. The standard InChI is InChI=1S/C22H22N2O4/c25-20(23-7-9-28-10-8-23)12-1-3-13(4-2-12)24-21(26)18-14-5-6-15(17-11-16(14)17)19(18)22(24)27/h1-6,14-19H,7-11H2/t14-,15-,16-,17-,18+,19+/m0/s1. The molecule has 7 rings (SSSR count). The zero-order valence-electron chi connectivity index (χ0n) is 15.5. The summed E-state index contributed by atoms with van der Waals surface area (Å²) in [6.07, 6.45) is 5.52. The Kier molecular flexibility index (Phi) is 3.39. The molecule has 2 saturated carbocycles. The van der Waals surface area contributed by atoms with E-state index < -0.39 is 0 Å². The number of hydrogen-bond acceptors (Lipinski definition) is 4. The number of allylic oxidation sites excluding steroid dienone is 2. The molecule has 6 atom stereocenters. The van der Waals surface area contributed by atoms with Crippen molar-refractivity contribution in [1.29, 1.82) is 0 Å². The quantitative estimate of drug-likeness (QED) is 0.581. The topological polar surface area (TPSA) is 66.9 Å². The highest BCUT2D eigenvalue weighted by Crippen LogP contribution is 2.65. The number of nitrogens with zero attached hydrogens (tertiary/aromatic N) is 2. The summed E-state index contributed by atoms with van der Waals surface area (Å²) < 4.78 is 5.29. The molecule has 28 heavy (non-hydrogen) atoms. The molecule has 0 unspecified atom stereocenters. The molecule has 0 N–H and O–H groups in total. The number of imide groups is 1. The molecule has 6 heteroatoms. The van der Waals surface area contributed by atoms with Gasteiger partial charge in [0.25, 0.3) is 5.91 Å². The number of rotatable bonds is 2. The molecule has 2 heterocycles. The van der Waals surface area contributed by atoms with Crippen LogP contribution in [-0.4, -0.2) is 48.9 Å². The lowest BCUT2D eigenvalue weighted by Gasteiger charge is -2.37. The van der Waals surface area contributed by atoms with Gasteiger partial charge in [0.15, 0.2) is 0 Å². The number of ether oxygens (including phenoxy) is 1. The Hall–Kier alpha value is -2.47. The molecule has 1 aromatic carbocycles. The van der Waals surface area contributed by atoms with Crippen molar-refractivity contribution in [2.45, 2.75) is 6.42 Å². The first-order chi connectivity index (χ1) is 13.6. The number of carbonyl (C=O) groups is 3. The smallest absolute Gasteiger partial charge is 0.254 e. The van der Waals surface area contributed by atoms with E-state index in [2.05, 4.69) is 12.2 Å². The normalized spacial score (nSPS) is 37.9. The van der Waals surface area contributed by atoms with Crippen LogP contribution in [0, 0.1) is 35.5 Å². The lowest BCUT2D eigenvalue weighted by molar-refractivity contribution is -0.124. The van der Waals surface area contributed by atoms with Crippen molar-refractivity contribution >= 4 is 23.4 Å². The summed E-state index contributed by atoms with van der Waals surface area (Å²) in [5, 5.41) is 0. The number of morpholine rings is 1. The second kappa shape index (κ2) is 5.77. The van der Waals surface area contributed by atoms with Crippen LogP contribution in [0.1, 0.15) is 16.8 Å². The number of carbonyl (C=O) groups excluding carboxylic acids is 3. The van der Waals surface area contributed by atoms with E-state index in [4.69, 9.17) is 4.74 Å². The zero-order chi connectivity index (χ0) is 19.0. The lowest BCUT2D eigenvalue weighted by atomic mass is 9.63. The fourth-order valence-electron chi connectivity index (χ4n) is 5.91. The van der Waals surface area contributed by atoms with Gasteiger partial charge in [-0.05, 0) is 54.4 Å². The highest BCUT2D eigenvalue weighted by atomic mass is 16.5. The molecule has 6 aliphatic rings. The van der Waals surface area contributed by atoms with Crippen LogP contribution in [-0.2, 0) is 14.3 Å². The predicted molar refractivity (Wildman–Crippen MR) is 100 cm³/mol. The van der Waals surface area contributed by atoms with Crippen LogP contribution >= 0.6 is 0 Å². The van der Waals surface area contributed by atoms with E-state index in [9.17, 15) is 14.4 Å². The highest BCUT2D eigenvalue weighted by molar-refractivity contribution is 6.22. The van der Waals surface area contributed by atoms with Crippen molar-refractivity contribution in [3.8, 4) is 0 Å². The summed E-state index contributed by atoms with van der Waals surface area (Å²) in [6, 6.07) is 6.91. The molecule has 0 radical (unpaired) electrons. The third-order valence-electron chi connectivity index (χ3n) is 7.33. The molecule has 4 aliphatic carbocycles. The Labute approximate surface area is 163 Å². The van der Waals surface area contributed by atoms with Gasteiger partial charge in [0, 0.05) is 18.7 Å². The van der Waals surface area contributed by atoms with E-state index in [0.717, 1.165) is 6.42 Å². The molecule has 2 saturated heterocycles. The molecule has 2 aliphatic heterocycles. The molecule has 6 nitrogen and oxygen atoms in total. The van der Waals surface area contributed by atoms with Crippen molar-refractivity contribution in [1.82, 2.24) is 4.90 Å². The molecule has 0 aromatic heterocycles. The van der Waals surface area contributed by atoms with Crippen LogP contribution < -0.4 is 4.90 Å². The Morgan fingerprint density at radius 1 is 0.893 bits per heavy atom. The van der Waals surface area contributed by atoms with Crippen LogP contribution in [0.5, 0.6) is 0 Å². The maximum atomic E-state index is 13.2. The first-order valence-electron chi connectivity index (χ1n) is 10.2. The largest absolute Gasteiger partial charge is 0.378 e. The Balaban J connectivity index is 1.26. The second-order valence-electron chi connectivity index (χ2n) is 8.62. The van der Waals surface area contributed by atoms with E-state index >= 15 is 0 Å². The monoisotopic (exact) mass is 378 g/mol. The average molecular weight is 378 g/mol. The molecule has 144 valence electrons. The minimum atomic E-state index is -0.194. The molecular formula is C22H22N2O4. The van der Waals surface area contributed by atoms with Gasteiger partial charge < -0.3 is 9.64 Å². The third kappa shape index (κ3) is 2.15. The first kappa shape index (κ1) is 16.5. The van der Waals surface area contributed by atoms with E-state index in [-0.39, 0.29) is 41.4 Å². The molecule has 4 fully saturated rings. The van der Waals surface area contributed by atoms with Crippen LogP contribution in [0.25, 0.3) is 0 Å². The Bertz CT molecular complexity index is 866. The van der Waals surface area contributed by atoms with Crippen LogP contribution in [0.3, 0.4) is 0 Å². The van der Waals surface area contributed by atoms with Gasteiger partial charge in [-0.1, -0.05) is 12.2 Å². The van der Waals surface area contributed by atoms with Gasteiger partial charge in [-0.2, -0.15) is 0 Å². The third-order valence-corrected chi connectivity index (χ3v) is 7.33. The summed E-state index contributed by atoms with van der Waals surface area (Å²) in [4.78, 5) is 42.1. The van der Waals surface area contributed by atoms with Crippen molar-refractivity contribution in [3.05, 3.63) is 42.0 Å². The van der Waals surface area contributed by atoms with Crippen LogP contribution in [0.4, 0.5) is 5.69 Å². The Morgan fingerprint density at radius 2 is 1.46 bits per heavy atom. The van der Waals surface area contributed by atoms with E-state index in [0.29, 0.717) is 49.4 Å². The molecule has 3 amide bonds. The van der Waals surface area contributed by atoms with E-state index in [1.165, 1.54) is 4.90 Å². The summed E-state index contributed by atoms with van der Waals surface area (Å²) in [5.41, 5.74) is 1.15. The van der Waals surface area contributed by atoms with Gasteiger partial charge in [-0.15, -0.1) is 0 Å². The highest BCUT2D eigenvalue weighted by Gasteiger charge is 2.67. The van der Waals surface area contributed by atoms with Gasteiger partial charge in [0.05, 0.1) is 30.7 Å². The minimum absolute atomic E-state index is 0.0371. The minimum Gasteiger partial charge on any atom is -0.378 e. The summed E-state index contributed by atoms with van der Waals surface area (Å²) in [7, 11) is 0. The van der Waals surface area contributed by atoms with Crippen molar-refractivity contribution in [3.63, 3.8) is 0 Å². The van der Waals surface area contributed by atoms with Gasteiger partial charge in [-0.25, -0.2) is 0 Å². The summed E-state index contributed by atoms with van der Waals surface area (Å²) in [6.45, 7) is 2.29. The summed E-state index contributed by atoms with van der Waals surface area (Å²) >= 11 is 0. The van der Waals surface area contributed by atoms with E-state index in [1.807, 2.05) is 0 Å². The van der Waals surface area contributed by atoms with Crippen molar-refractivity contribution < 1.29 is 19.1 Å². The van der Waals surface area contributed by atoms with Crippen LogP contribution in [0.15, 0.2) is 36.4 Å². The molecule has 2 bridgehead atoms. The fourth-order valence-corrected chi connectivity index (χ4v) is 5.91. The van der Waals surface area contributed by atoms with Crippen LogP contribution in [0.2, 0.25) is 0 Å². The molecular weight excluding hydrogens is 356 g/mol. The maximum Gasteiger partial charge on any atom is 0.254 e. The molecule has 1 aromatic rings. The van der Waals surface area contributed by atoms with Crippen molar-refractivity contribution in [2.24, 2.45) is 35.5 Å². The Morgan fingerprint density at radius 3 is 2.04 bits per heavy atom. The first-order valence-corrected chi connectivity index (χ1v) is 10.2. The fraction of sp³-hybridized carbons (Fsp3) is 0.500.